The quantitative estimate of drug-likeness (QED) is 0.0264. The summed E-state index contributed by atoms with van der Waals surface area (Å²) < 4.78 is 11.5. The van der Waals surface area contributed by atoms with Crippen LogP contribution in [0.25, 0.3) is 0 Å². The predicted octanol–water partition coefficient (Wildman–Crippen LogP) is 12.0. The summed E-state index contributed by atoms with van der Waals surface area (Å²) in [7, 11) is 0. The summed E-state index contributed by atoms with van der Waals surface area (Å²) in [5.74, 6) is -2.13. The van der Waals surface area contributed by atoms with E-state index < -0.39 is 47.3 Å². The standard InChI is InChI=1S/C50H49Cl5N8O8/c1-5-70-43-23-30(17-20-51)7-14-39(43)58-47(66)33-9-12-36(54)41(26-33)60-62-45(28(3)64)49(68)56-35-11-16-38(32(25-35)19-22-53)57-50(69)46(29(4)65)63-61-42-27-34(10-13-37(42)55)48(67)59-40-15-8-31(18-21-52)24-44(40)71-6-2/h7-16,23-27,45-46H,5-6,17-22H2,1-4H3,(H,56,68)(H,57,69)(H,58,66)(H,59,67). The normalized spacial score (nSPS) is 12.0. The van der Waals surface area contributed by atoms with Crippen molar-refractivity contribution in [2.24, 2.45) is 20.5 Å². The smallest absolute Gasteiger partial charge is 0.258 e. The highest BCUT2D eigenvalue weighted by Gasteiger charge is 2.26. The van der Waals surface area contributed by atoms with Crippen LogP contribution in [0, 0.1) is 0 Å². The molecule has 0 aliphatic rings. The molecule has 0 spiro atoms. The van der Waals surface area contributed by atoms with Gasteiger partial charge in [-0.1, -0.05) is 35.3 Å². The Balaban J connectivity index is 1.28. The molecule has 0 bridgehead atoms. The molecule has 16 nitrogen and oxygen atoms in total. The first-order chi connectivity index (χ1) is 34.1. The van der Waals surface area contributed by atoms with E-state index in [9.17, 15) is 28.8 Å². The van der Waals surface area contributed by atoms with Gasteiger partial charge >= 0.3 is 0 Å². The molecule has 0 fully saturated rings. The number of alkyl halides is 3. The van der Waals surface area contributed by atoms with E-state index in [-0.39, 0.29) is 56.2 Å². The van der Waals surface area contributed by atoms with Crippen LogP contribution in [-0.2, 0) is 38.4 Å². The van der Waals surface area contributed by atoms with Crippen LogP contribution in [0.3, 0.4) is 0 Å². The zero-order chi connectivity index (χ0) is 51.6. The number of ether oxygens (including phenoxy) is 2. The minimum Gasteiger partial charge on any atom is -0.492 e. The number of anilines is 4. The summed E-state index contributed by atoms with van der Waals surface area (Å²) in [4.78, 5) is 79.3. The molecule has 4 amide bonds. The number of aryl methyl sites for hydroxylation is 3. The average Bonchev–Trinajstić information content (AvgIpc) is 3.32. The van der Waals surface area contributed by atoms with E-state index in [2.05, 4.69) is 41.7 Å². The number of Topliss-reactive ketones (excluding diaryl/α,β-unsaturated/α-hetero) is 2. The minimum absolute atomic E-state index is 0.0179. The molecule has 71 heavy (non-hydrogen) atoms. The van der Waals surface area contributed by atoms with Crippen LogP contribution in [0.2, 0.25) is 10.0 Å². The van der Waals surface area contributed by atoms with Crippen LogP contribution < -0.4 is 30.7 Å². The molecule has 5 rings (SSSR count). The second kappa shape index (κ2) is 27.2. The van der Waals surface area contributed by atoms with Gasteiger partial charge in [-0.15, -0.1) is 34.8 Å². The Kier molecular flexibility index (Phi) is 21.3. The van der Waals surface area contributed by atoms with Gasteiger partial charge in [-0.25, -0.2) is 0 Å². The Labute approximate surface area is 435 Å². The molecule has 0 radical (unpaired) electrons. The predicted molar refractivity (Wildman–Crippen MR) is 279 cm³/mol. The van der Waals surface area contributed by atoms with Crippen LogP contribution >= 0.6 is 58.0 Å². The second-order valence-corrected chi connectivity index (χ2v) is 17.3. The van der Waals surface area contributed by atoms with Crippen LogP contribution in [0.4, 0.5) is 34.1 Å². The number of carbonyl (C=O) groups excluding carboxylic acids is 6. The summed E-state index contributed by atoms with van der Waals surface area (Å²) in [5, 5.41) is 27.3. The molecule has 5 aromatic carbocycles. The number of rotatable bonds is 24. The molecule has 372 valence electrons. The number of amides is 4. The average molecular weight is 1070 g/mol. The van der Waals surface area contributed by atoms with Crippen LogP contribution in [0.15, 0.2) is 111 Å². The second-order valence-electron chi connectivity index (χ2n) is 15.4. The zero-order valence-corrected chi connectivity index (χ0v) is 42.7. The first kappa shape index (κ1) is 55.5. The number of halogens is 5. The number of benzene rings is 5. The van der Waals surface area contributed by atoms with Crippen LogP contribution in [0.1, 0.15) is 65.1 Å². The molecule has 0 aliphatic carbocycles. The third-order valence-electron chi connectivity index (χ3n) is 10.2. The van der Waals surface area contributed by atoms with E-state index in [1.807, 2.05) is 26.0 Å². The Hall–Kier alpha value is -6.43. The lowest BCUT2D eigenvalue weighted by Gasteiger charge is -2.16. The van der Waals surface area contributed by atoms with Crippen LogP contribution in [0.5, 0.6) is 11.5 Å². The maximum atomic E-state index is 13.6. The lowest BCUT2D eigenvalue weighted by atomic mass is 10.1. The monoisotopic (exact) mass is 1060 g/mol. The van der Waals surface area contributed by atoms with Crippen LogP contribution in [-0.4, -0.2) is 78.1 Å². The number of hydrogen-bond donors (Lipinski definition) is 4. The summed E-state index contributed by atoms with van der Waals surface area (Å²) in [6.45, 7) is 6.70. The van der Waals surface area contributed by atoms with E-state index in [4.69, 9.17) is 67.5 Å². The first-order valence-corrected chi connectivity index (χ1v) is 24.4. The summed E-state index contributed by atoms with van der Waals surface area (Å²) >= 11 is 30.7. The molecule has 5 aromatic rings. The summed E-state index contributed by atoms with van der Waals surface area (Å²) in [5.41, 5.74) is 4.00. The molecule has 0 saturated heterocycles. The maximum absolute atomic E-state index is 13.6. The van der Waals surface area contributed by atoms with Crippen molar-refractivity contribution < 1.29 is 38.2 Å². The van der Waals surface area contributed by atoms with Gasteiger partial charge in [0.05, 0.1) is 34.6 Å². The Bertz CT molecular complexity index is 2850. The molecule has 2 unspecified atom stereocenters. The summed E-state index contributed by atoms with van der Waals surface area (Å²) in [6.07, 6.45) is 1.44. The third kappa shape index (κ3) is 15.8. The van der Waals surface area contributed by atoms with Gasteiger partial charge in [0.15, 0.2) is 11.6 Å². The van der Waals surface area contributed by atoms with Gasteiger partial charge in [-0.3, -0.25) is 28.8 Å². The highest BCUT2D eigenvalue weighted by Crippen LogP contribution is 2.32. The van der Waals surface area contributed by atoms with Crippen molar-refractivity contribution in [2.45, 2.75) is 59.0 Å². The fourth-order valence-electron chi connectivity index (χ4n) is 6.66. The van der Waals surface area contributed by atoms with Crippen molar-refractivity contribution in [3.05, 3.63) is 129 Å². The number of carbonyl (C=O) groups is 6. The lowest BCUT2D eigenvalue weighted by Crippen LogP contribution is -2.32. The van der Waals surface area contributed by atoms with Crippen molar-refractivity contribution >= 4 is 127 Å². The van der Waals surface area contributed by atoms with E-state index in [0.717, 1.165) is 25.0 Å². The first-order valence-electron chi connectivity index (χ1n) is 22.1. The molecule has 21 heteroatoms. The Morgan fingerprint density at radius 2 is 0.958 bits per heavy atom. The Morgan fingerprint density at radius 1 is 0.521 bits per heavy atom. The fraction of sp³-hybridized carbons (Fsp3) is 0.280. The van der Waals surface area contributed by atoms with Gasteiger partial charge in [-0.05, 0) is 143 Å². The van der Waals surface area contributed by atoms with E-state index in [1.54, 1.807) is 24.3 Å². The van der Waals surface area contributed by atoms with Crippen molar-refractivity contribution in [1.82, 2.24) is 0 Å². The third-order valence-corrected chi connectivity index (χ3v) is 11.4. The maximum Gasteiger partial charge on any atom is 0.258 e. The molecule has 0 saturated carbocycles. The molecule has 2 atom stereocenters. The van der Waals surface area contributed by atoms with Gasteiger partial charge in [0.1, 0.15) is 22.9 Å². The van der Waals surface area contributed by atoms with Crippen molar-refractivity contribution in [1.29, 1.82) is 0 Å². The highest BCUT2D eigenvalue weighted by molar-refractivity contribution is 6.33. The zero-order valence-electron chi connectivity index (χ0n) is 38.9. The molecule has 0 aromatic heterocycles. The molecule has 0 heterocycles. The Morgan fingerprint density at radius 3 is 1.38 bits per heavy atom. The lowest BCUT2D eigenvalue weighted by molar-refractivity contribution is -0.127. The fourth-order valence-corrected chi connectivity index (χ4v) is 7.61. The number of nitrogens with one attached hydrogen (secondary N) is 4. The SMILES string of the molecule is CCOc1cc(CCCl)ccc1NC(=O)c1ccc(Cl)c(N=NC(C(C)=O)C(=O)Nc2ccc(NC(=O)C(N=Nc3cc(C(=O)Nc4ccc(CCCl)cc4OCC)ccc3Cl)C(C)=O)c(CCCl)c2)c1. The number of ketones is 2. The van der Waals surface area contributed by atoms with E-state index in [1.165, 1.54) is 54.6 Å². The van der Waals surface area contributed by atoms with Gasteiger partial charge in [0.2, 0.25) is 12.1 Å². The summed E-state index contributed by atoms with van der Waals surface area (Å²) in [6, 6.07) is 20.4. The number of nitrogens with zero attached hydrogens (tertiary/aromatic N) is 4. The minimum atomic E-state index is -1.63. The largest absolute Gasteiger partial charge is 0.492 e. The van der Waals surface area contributed by atoms with E-state index >= 15 is 0 Å². The number of hydrogen-bond acceptors (Lipinski definition) is 12. The molecule has 0 aliphatic heterocycles. The molecular formula is C50H49Cl5N8O8. The molecular weight excluding hydrogens is 1020 g/mol. The highest BCUT2D eigenvalue weighted by atomic mass is 35.5. The number of azo groups is 2. The van der Waals surface area contributed by atoms with Gasteiger partial charge in [0, 0.05) is 40.1 Å². The van der Waals surface area contributed by atoms with Gasteiger partial charge in [-0.2, -0.15) is 20.5 Å². The van der Waals surface area contributed by atoms with Crippen molar-refractivity contribution in [3.8, 4) is 11.5 Å². The van der Waals surface area contributed by atoms with Crippen molar-refractivity contribution in [3.63, 3.8) is 0 Å². The van der Waals surface area contributed by atoms with Gasteiger partial charge in [0.25, 0.3) is 23.6 Å². The van der Waals surface area contributed by atoms with Gasteiger partial charge < -0.3 is 30.7 Å². The topological polar surface area (TPSA) is 218 Å². The molecule has 4 N–H and O–H groups in total. The van der Waals surface area contributed by atoms with E-state index in [0.29, 0.717) is 66.3 Å². The van der Waals surface area contributed by atoms with Crippen molar-refractivity contribution in [2.75, 3.05) is 52.1 Å².